The molecule has 1 fully saturated rings. The van der Waals surface area contributed by atoms with Gasteiger partial charge in [-0.25, -0.2) is 13.8 Å². The summed E-state index contributed by atoms with van der Waals surface area (Å²) >= 11 is 6.93. The number of rotatable bonds is 5. The van der Waals surface area contributed by atoms with E-state index in [2.05, 4.69) is 16.9 Å². The Morgan fingerprint density at radius 2 is 2.05 bits per heavy atom. The molecule has 3 aromatic rings. The van der Waals surface area contributed by atoms with Crippen molar-refractivity contribution in [3.63, 3.8) is 0 Å². The second-order valence-electron chi connectivity index (χ2n) is 10.1. The third-order valence-electron chi connectivity index (χ3n) is 7.16. The summed E-state index contributed by atoms with van der Waals surface area (Å²) in [5.74, 6) is -3.01. The molecule has 39 heavy (non-hydrogen) atoms. The van der Waals surface area contributed by atoms with Crippen molar-refractivity contribution < 1.29 is 23.1 Å². The zero-order valence-electron chi connectivity index (χ0n) is 21.6. The number of carbonyl (C=O) groups excluding carboxylic acids is 2. The summed E-state index contributed by atoms with van der Waals surface area (Å²) < 4.78 is 35.9. The molecule has 0 radical (unpaired) electrons. The molecule has 8 nitrogen and oxygen atoms in total. The van der Waals surface area contributed by atoms with Gasteiger partial charge in [0.05, 0.1) is 22.6 Å². The molecule has 1 N–H and O–H groups in total. The van der Waals surface area contributed by atoms with Crippen LogP contribution in [0.2, 0.25) is 5.02 Å². The Bertz CT molecular complexity index is 1410. The van der Waals surface area contributed by atoms with Gasteiger partial charge in [0.1, 0.15) is 11.4 Å². The van der Waals surface area contributed by atoms with Crippen molar-refractivity contribution >= 4 is 46.1 Å². The molecule has 11 heteroatoms. The summed E-state index contributed by atoms with van der Waals surface area (Å²) in [6.07, 6.45) is 3.98. The highest BCUT2D eigenvalue weighted by Crippen LogP contribution is 2.45. The molecule has 0 saturated carbocycles. The van der Waals surface area contributed by atoms with E-state index in [9.17, 15) is 18.4 Å². The maximum absolute atomic E-state index is 14.3. The second kappa shape index (κ2) is 10.8. The van der Waals surface area contributed by atoms with E-state index in [1.807, 2.05) is 10.6 Å². The van der Waals surface area contributed by atoms with Crippen LogP contribution in [0.3, 0.4) is 0 Å². The highest BCUT2D eigenvalue weighted by atomic mass is 35.5. The Hall–Kier alpha value is -3.66. The van der Waals surface area contributed by atoms with E-state index in [-0.39, 0.29) is 34.5 Å². The fourth-order valence-corrected chi connectivity index (χ4v) is 5.78. The van der Waals surface area contributed by atoms with Crippen LogP contribution in [0, 0.1) is 5.92 Å². The van der Waals surface area contributed by atoms with Gasteiger partial charge in [-0.2, -0.15) is 0 Å². The number of carbonyl (C=O) groups is 2. The first-order valence-electron chi connectivity index (χ1n) is 12.9. The molecule has 2 aromatic carbocycles. The van der Waals surface area contributed by atoms with Crippen molar-refractivity contribution in [3.8, 4) is 5.75 Å². The van der Waals surface area contributed by atoms with Gasteiger partial charge in [0.25, 0.3) is 11.8 Å². The number of hydrogen-bond acceptors (Lipinski definition) is 5. The lowest BCUT2D eigenvalue weighted by atomic mass is 10.0. The van der Waals surface area contributed by atoms with Crippen LogP contribution in [-0.2, 0) is 11.3 Å². The lowest BCUT2D eigenvalue weighted by Crippen LogP contribution is -2.36. The third-order valence-corrected chi connectivity index (χ3v) is 7.52. The van der Waals surface area contributed by atoms with Crippen LogP contribution in [-0.4, -0.2) is 65.5 Å². The number of aromatic nitrogens is 2. The number of amides is 2. The van der Waals surface area contributed by atoms with Crippen LogP contribution in [0.25, 0.3) is 11.0 Å². The highest BCUT2D eigenvalue weighted by Gasteiger charge is 2.38. The normalized spacial score (nSPS) is 19.0. The van der Waals surface area contributed by atoms with E-state index in [0.29, 0.717) is 41.9 Å². The first-order chi connectivity index (χ1) is 18.7. The van der Waals surface area contributed by atoms with Crippen LogP contribution in [0.4, 0.5) is 20.4 Å². The average Bonchev–Trinajstić information content (AvgIpc) is 3.03. The number of fused-ring (bicyclic) bond motifs is 2. The van der Waals surface area contributed by atoms with Gasteiger partial charge < -0.3 is 19.1 Å². The maximum atomic E-state index is 14.3. The summed E-state index contributed by atoms with van der Waals surface area (Å²) in [6, 6.07) is 10.3. The summed E-state index contributed by atoms with van der Waals surface area (Å²) in [7, 11) is 1.54. The van der Waals surface area contributed by atoms with E-state index >= 15 is 0 Å². The quantitative estimate of drug-likeness (QED) is 0.435. The third kappa shape index (κ3) is 5.56. The van der Waals surface area contributed by atoms with Crippen LogP contribution in [0.15, 0.2) is 49.1 Å². The number of nitrogens with zero attached hydrogens (tertiary/aromatic N) is 4. The van der Waals surface area contributed by atoms with Crippen molar-refractivity contribution in [1.82, 2.24) is 14.5 Å². The number of halogens is 3. The van der Waals surface area contributed by atoms with Crippen molar-refractivity contribution in [1.29, 1.82) is 0 Å². The van der Waals surface area contributed by atoms with Gasteiger partial charge in [0.15, 0.2) is 6.61 Å². The van der Waals surface area contributed by atoms with Gasteiger partial charge in [0, 0.05) is 38.3 Å². The number of hydrogen-bond donors (Lipinski definition) is 1. The molecule has 3 heterocycles. The first-order valence-corrected chi connectivity index (χ1v) is 13.3. The number of imidazole rings is 1. The molecule has 1 saturated heterocycles. The van der Waals surface area contributed by atoms with Crippen LogP contribution in [0.5, 0.6) is 5.75 Å². The van der Waals surface area contributed by atoms with E-state index in [4.69, 9.17) is 16.3 Å². The molecule has 2 aliphatic heterocycles. The Labute approximate surface area is 230 Å². The molecule has 1 atom stereocenters. The van der Waals surface area contributed by atoms with E-state index in [1.54, 1.807) is 42.3 Å². The first kappa shape index (κ1) is 26.9. The Morgan fingerprint density at radius 3 is 2.79 bits per heavy atom. The topological polar surface area (TPSA) is 79.7 Å². The predicted molar refractivity (Wildman–Crippen MR) is 147 cm³/mol. The fraction of sp³-hybridized carbons (Fsp3) is 0.393. The number of alkyl halides is 2. The van der Waals surface area contributed by atoms with Gasteiger partial charge in [-0.3, -0.25) is 14.9 Å². The van der Waals surface area contributed by atoms with E-state index in [1.165, 1.54) is 11.0 Å². The Kier molecular flexibility index (Phi) is 7.48. The smallest absolute Gasteiger partial charge is 0.298 e. The zero-order valence-corrected chi connectivity index (χ0v) is 22.4. The molecule has 0 bridgehead atoms. The molecule has 2 aliphatic rings. The lowest BCUT2D eigenvalue weighted by molar-refractivity contribution is -0.126. The largest absolute Gasteiger partial charge is 0.485 e. The average molecular weight is 558 g/mol. The number of anilines is 2. The highest BCUT2D eigenvalue weighted by molar-refractivity contribution is 6.38. The molecule has 0 aliphatic carbocycles. The van der Waals surface area contributed by atoms with Crippen molar-refractivity contribution in [2.45, 2.75) is 31.7 Å². The summed E-state index contributed by atoms with van der Waals surface area (Å²) in [4.78, 5) is 33.4. The molecule has 206 valence electrons. The van der Waals surface area contributed by atoms with E-state index in [0.717, 1.165) is 19.3 Å². The van der Waals surface area contributed by atoms with Crippen LogP contribution < -0.4 is 15.0 Å². The van der Waals surface area contributed by atoms with Crippen LogP contribution >= 0.6 is 11.6 Å². The second-order valence-corrected chi connectivity index (χ2v) is 10.5. The number of ether oxygens (including phenoxy) is 1. The summed E-state index contributed by atoms with van der Waals surface area (Å²) in [5.41, 5.74) is 1.71. The minimum Gasteiger partial charge on any atom is -0.485 e. The number of benzene rings is 2. The molecular formula is C28H30ClF2N5O3. The molecular weight excluding hydrogens is 528 g/mol. The Balaban J connectivity index is 1.59. The molecule has 1 aromatic heterocycles. The standard InChI is InChI=1S/C28H30ClF2N5O3/c1-3-22(37)35-12-8-7-9-18(14-35)15-36-24-20(32-27(36)33-26(38)19-10-5-4-6-11-19)13-21-25(23(24)29)34(2)16-28(30,31)17-39-21/h3-6,10-11,13,18H,1,7-9,12,14-17H2,2H3,(H,32,33,38)/t18-/m1/s1. The maximum Gasteiger partial charge on any atom is 0.298 e. The minimum atomic E-state index is -3.05. The zero-order chi connectivity index (χ0) is 27.7. The molecule has 2 amide bonds. The van der Waals surface area contributed by atoms with E-state index < -0.39 is 19.1 Å². The van der Waals surface area contributed by atoms with Gasteiger partial charge in [-0.15, -0.1) is 0 Å². The van der Waals surface area contributed by atoms with Gasteiger partial charge in [-0.1, -0.05) is 42.8 Å². The molecule has 5 rings (SSSR count). The monoisotopic (exact) mass is 557 g/mol. The SMILES string of the molecule is C=CC(=O)N1CCCC[C@@H](Cn2c(NC(=O)c3ccccc3)nc3cc4c(c(Cl)c32)N(C)CC(F)(F)CO4)C1. The van der Waals surface area contributed by atoms with Gasteiger partial charge >= 0.3 is 0 Å². The Morgan fingerprint density at radius 1 is 1.28 bits per heavy atom. The predicted octanol–water partition coefficient (Wildman–Crippen LogP) is 5.22. The van der Waals surface area contributed by atoms with Crippen molar-refractivity contribution in [2.24, 2.45) is 5.92 Å². The van der Waals surface area contributed by atoms with Gasteiger partial charge in [0.2, 0.25) is 11.9 Å². The minimum absolute atomic E-state index is 0.0365. The molecule has 0 unspecified atom stereocenters. The fourth-order valence-electron chi connectivity index (χ4n) is 5.34. The van der Waals surface area contributed by atoms with Crippen LogP contribution in [0.1, 0.15) is 29.6 Å². The van der Waals surface area contributed by atoms with Gasteiger partial charge in [-0.05, 0) is 37.0 Å². The molecule has 0 spiro atoms. The summed E-state index contributed by atoms with van der Waals surface area (Å²) in [5, 5.41) is 3.12. The lowest BCUT2D eigenvalue weighted by Gasteiger charge is -2.25. The number of nitrogens with one attached hydrogen (secondary N) is 1. The number of likely N-dealkylation sites (tertiary alicyclic amines) is 1. The summed E-state index contributed by atoms with van der Waals surface area (Å²) in [6.45, 7) is 3.84. The van der Waals surface area contributed by atoms with Crippen molar-refractivity contribution in [3.05, 3.63) is 59.6 Å². The van der Waals surface area contributed by atoms with Crippen molar-refractivity contribution in [2.75, 3.05) is 43.5 Å².